The minimum atomic E-state index is -0.350. The minimum Gasteiger partial charge on any atom is -0.427 e. The van der Waals surface area contributed by atoms with Crippen LogP contribution >= 0.6 is 0 Å². The molecule has 1 fully saturated rings. The molecule has 0 bridgehead atoms. The second kappa shape index (κ2) is 8.62. The van der Waals surface area contributed by atoms with Crippen molar-refractivity contribution in [1.82, 2.24) is 25.0 Å². The lowest BCUT2D eigenvalue weighted by Gasteiger charge is -2.26. The van der Waals surface area contributed by atoms with E-state index in [-0.39, 0.29) is 12.0 Å². The van der Waals surface area contributed by atoms with Crippen LogP contribution in [0.4, 0.5) is 11.8 Å². The predicted molar refractivity (Wildman–Crippen MR) is 113 cm³/mol. The number of hydrogen-bond donors (Lipinski definition) is 3. The lowest BCUT2D eigenvalue weighted by Crippen LogP contribution is -2.33. The van der Waals surface area contributed by atoms with Crippen molar-refractivity contribution >= 4 is 28.9 Å². The van der Waals surface area contributed by atoms with Gasteiger partial charge in [0.1, 0.15) is 5.75 Å². The van der Waals surface area contributed by atoms with Crippen molar-refractivity contribution in [3.8, 4) is 5.75 Å². The summed E-state index contributed by atoms with van der Waals surface area (Å²) in [5.41, 5.74) is 8.21. The lowest BCUT2D eigenvalue weighted by molar-refractivity contribution is -0.131. The second-order valence-electron chi connectivity index (χ2n) is 7.63. The third-order valence-corrected chi connectivity index (χ3v) is 5.18. The summed E-state index contributed by atoms with van der Waals surface area (Å²) in [4.78, 5) is 20.4. The second-order valence-corrected chi connectivity index (χ2v) is 7.63. The molecule has 0 radical (unpaired) electrons. The molecule has 1 aliphatic carbocycles. The molecule has 0 spiro atoms. The van der Waals surface area contributed by atoms with Gasteiger partial charge < -0.3 is 21.1 Å². The normalized spacial score (nSPS) is 18.9. The van der Waals surface area contributed by atoms with E-state index in [0.717, 1.165) is 31.2 Å². The highest BCUT2D eigenvalue weighted by atomic mass is 16.5. The summed E-state index contributed by atoms with van der Waals surface area (Å²) >= 11 is 0. The standard InChI is InChI=1S/C20H26N8O2/c1-12(29)30-16-5-3-4-13(10-16)11-22-18-17-19(28(2)27-26-17)25-20(24-18)23-15-8-6-14(21)7-9-15/h3-5,10,14-15H,6-9,11,21H2,1-2H3,(H2,22,23,24,25). The van der Waals surface area contributed by atoms with E-state index in [1.54, 1.807) is 17.8 Å². The zero-order valence-electron chi connectivity index (χ0n) is 17.1. The largest absolute Gasteiger partial charge is 0.427 e. The van der Waals surface area contributed by atoms with Crippen molar-refractivity contribution in [1.29, 1.82) is 0 Å². The van der Waals surface area contributed by atoms with Gasteiger partial charge in [0.25, 0.3) is 0 Å². The Kier molecular flexibility index (Phi) is 5.75. The number of nitrogens with two attached hydrogens (primary N) is 1. The summed E-state index contributed by atoms with van der Waals surface area (Å²) in [5.74, 6) is 1.30. The van der Waals surface area contributed by atoms with Gasteiger partial charge in [-0.3, -0.25) is 4.79 Å². The predicted octanol–water partition coefficient (Wildman–Crippen LogP) is 1.98. The number of carbonyl (C=O) groups excluding carboxylic acids is 1. The lowest BCUT2D eigenvalue weighted by atomic mass is 9.92. The van der Waals surface area contributed by atoms with E-state index in [9.17, 15) is 4.79 Å². The number of rotatable bonds is 6. The van der Waals surface area contributed by atoms with Crippen LogP contribution in [-0.2, 0) is 18.4 Å². The first-order chi connectivity index (χ1) is 14.5. The third kappa shape index (κ3) is 4.65. The number of hydrogen-bond acceptors (Lipinski definition) is 9. The van der Waals surface area contributed by atoms with E-state index in [0.29, 0.717) is 41.3 Å². The molecule has 0 atom stereocenters. The fourth-order valence-electron chi connectivity index (χ4n) is 3.62. The minimum absolute atomic E-state index is 0.285. The summed E-state index contributed by atoms with van der Waals surface area (Å²) in [7, 11) is 1.80. The number of aryl methyl sites for hydroxylation is 1. The molecule has 4 rings (SSSR count). The van der Waals surface area contributed by atoms with Crippen LogP contribution in [0.2, 0.25) is 0 Å². The molecule has 4 N–H and O–H groups in total. The fourth-order valence-corrected chi connectivity index (χ4v) is 3.62. The first-order valence-corrected chi connectivity index (χ1v) is 10.1. The number of nitrogens with zero attached hydrogens (tertiary/aromatic N) is 5. The van der Waals surface area contributed by atoms with Gasteiger partial charge in [-0.15, -0.1) is 5.10 Å². The molecule has 1 aliphatic rings. The molecular formula is C20H26N8O2. The Balaban J connectivity index is 1.53. The van der Waals surface area contributed by atoms with Crippen molar-refractivity contribution < 1.29 is 9.53 Å². The van der Waals surface area contributed by atoms with Crippen LogP contribution in [0.5, 0.6) is 5.75 Å². The SMILES string of the molecule is CC(=O)Oc1cccc(CNc2nc(NC3CCC(N)CC3)nc3c2nnn3C)c1. The zero-order valence-corrected chi connectivity index (χ0v) is 17.1. The van der Waals surface area contributed by atoms with E-state index in [1.807, 2.05) is 18.2 Å². The van der Waals surface area contributed by atoms with Crippen molar-refractivity contribution in [3.63, 3.8) is 0 Å². The van der Waals surface area contributed by atoms with Crippen molar-refractivity contribution in [3.05, 3.63) is 29.8 Å². The van der Waals surface area contributed by atoms with Gasteiger partial charge in [-0.25, -0.2) is 4.68 Å². The molecular weight excluding hydrogens is 384 g/mol. The van der Waals surface area contributed by atoms with Crippen LogP contribution in [0.15, 0.2) is 24.3 Å². The number of anilines is 2. The fraction of sp³-hybridized carbons (Fsp3) is 0.450. The number of carbonyl (C=O) groups is 1. The van der Waals surface area contributed by atoms with Gasteiger partial charge in [0.05, 0.1) is 0 Å². The van der Waals surface area contributed by atoms with Gasteiger partial charge in [-0.1, -0.05) is 17.3 Å². The molecule has 30 heavy (non-hydrogen) atoms. The Bertz CT molecular complexity index is 1040. The topological polar surface area (TPSA) is 133 Å². The van der Waals surface area contributed by atoms with Crippen molar-refractivity contribution in [2.75, 3.05) is 10.6 Å². The monoisotopic (exact) mass is 410 g/mol. The Hall–Kier alpha value is -3.27. The molecule has 10 nitrogen and oxygen atoms in total. The molecule has 2 aromatic heterocycles. The number of nitrogens with one attached hydrogen (secondary N) is 2. The Morgan fingerprint density at radius 2 is 2.07 bits per heavy atom. The smallest absolute Gasteiger partial charge is 0.308 e. The maximum Gasteiger partial charge on any atom is 0.308 e. The summed E-state index contributed by atoms with van der Waals surface area (Å²) in [6.07, 6.45) is 3.99. The van der Waals surface area contributed by atoms with Crippen LogP contribution in [0.3, 0.4) is 0 Å². The van der Waals surface area contributed by atoms with Crippen LogP contribution in [0.25, 0.3) is 11.2 Å². The maximum absolute atomic E-state index is 11.2. The Labute approximate surface area is 174 Å². The van der Waals surface area contributed by atoms with E-state index in [4.69, 9.17) is 10.5 Å². The van der Waals surface area contributed by atoms with Gasteiger partial charge in [-0.05, 0) is 43.4 Å². The van der Waals surface area contributed by atoms with Crippen molar-refractivity contribution in [2.45, 2.75) is 51.2 Å². The number of ether oxygens (including phenoxy) is 1. The van der Waals surface area contributed by atoms with Gasteiger partial charge in [0.15, 0.2) is 17.0 Å². The molecule has 0 unspecified atom stereocenters. The Morgan fingerprint density at radius 3 is 2.83 bits per heavy atom. The molecule has 10 heteroatoms. The number of fused-ring (bicyclic) bond motifs is 1. The highest BCUT2D eigenvalue weighted by Gasteiger charge is 2.20. The summed E-state index contributed by atoms with van der Waals surface area (Å²) in [5, 5.41) is 15.0. The van der Waals surface area contributed by atoms with E-state index < -0.39 is 0 Å². The average molecular weight is 410 g/mol. The van der Waals surface area contributed by atoms with Gasteiger partial charge in [0.2, 0.25) is 5.95 Å². The zero-order chi connectivity index (χ0) is 21.1. The molecule has 0 aliphatic heterocycles. The van der Waals surface area contributed by atoms with Crippen molar-refractivity contribution in [2.24, 2.45) is 12.8 Å². The number of aromatic nitrogens is 5. The summed E-state index contributed by atoms with van der Waals surface area (Å²) < 4.78 is 6.79. The summed E-state index contributed by atoms with van der Waals surface area (Å²) in [6, 6.07) is 7.93. The van der Waals surface area contributed by atoms with Gasteiger partial charge >= 0.3 is 5.97 Å². The average Bonchev–Trinajstić information content (AvgIpc) is 3.09. The molecule has 2 heterocycles. The van der Waals surface area contributed by atoms with Gasteiger partial charge in [0, 0.05) is 32.6 Å². The molecule has 1 aromatic carbocycles. The van der Waals surface area contributed by atoms with Crippen LogP contribution in [0, 0.1) is 0 Å². The van der Waals surface area contributed by atoms with Crippen LogP contribution < -0.4 is 21.1 Å². The third-order valence-electron chi connectivity index (χ3n) is 5.18. The molecule has 3 aromatic rings. The molecule has 0 saturated heterocycles. The first-order valence-electron chi connectivity index (χ1n) is 10.1. The quantitative estimate of drug-likeness (QED) is 0.412. The van der Waals surface area contributed by atoms with Gasteiger partial charge in [-0.2, -0.15) is 9.97 Å². The number of benzene rings is 1. The Morgan fingerprint density at radius 1 is 1.27 bits per heavy atom. The number of esters is 1. The van der Waals surface area contributed by atoms with Crippen LogP contribution in [0.1, 0.15) is 38.2 Å². The van der Waals surface area contributed by atoms with E-state index in [2.05, 4.69) is 30.9 Å². The van der Waals surface area contributed by atoms with E-state index in [1.165, 1.54) is 6.92 Å². The molecule has 0 amide bonds. The molecule has 1 saturated carbocycles. The van der Waals surface area contributed by atoms with E-state index >= 15 is 0 Å². The summed E-state index contributed by atoms with van der Waals surface area (Å²) in [6.45, 7) is 1.86. The molecule has 158 valence electrons. The highest BCUT2D eigenvalue weighted by Crippen LogP contribution is 2.24. The first kappa shape index (κ1) is 20.0. The maximum atomic E-state index is 11.2. The van der Waals surface area contributed by atoms with Crippen LogP contribution in [-0.4, -0.2) is 43.0 Å². The highest BCUT2D eigenvalue weighted by molar-refractivity contribution is 5.83.